The molecule has 7 nitrogen and oxygen atoms in total. The Morgan fingerprint density at radius 2 is 1.81 bits per heavy atom. The Balaban J connectivity index is 1.42. The van der Waals surface area contributed by atoms with Gasteiger partial charge in [0.15, 0.2) is 0 Å². The number of hydrogen-bond acceptors (Lipinski definition) is 6. The van der Waals surface area contributed by atoms with Crippen molar-refractivity contribution in [3.05, 3.63) is 93.2 Å². The molecule has 1 aromatic heterocycles. The summed E-state index contributed by atoms with van der Waals surface area (Å²) in [5, 5.41) is 13.3. The molecule has 2 atom stereocenters. The number of nitrogens with one attached hydrogen (secondary N) is 2. The van der Waals surface area contributed by atoms with E-state index < -0.39 is 12.2 Å². The number of likely N-dealkylation sites (tertiary alicyclic amines) is 1. The van der Waals surface area contributed by atoms with Crippen LogP contribution in [0.15, 0.2) is 59.7 Å². The lowest BCUT2D eigenvalue weighted by atomic mass is 9.92. The number of aromatic amines is 1. The van der Waals surface area contributed by atoms with Gasteiger partial charge in [0.1, 0.15) is 6.67 Å². The average Bonchev–Trinajstić information content (AvgIpc) is 2.90. The van der Waals surface area contributed by atoms with Gasteiger partial charge in [0.2, 0.25) is 5.75 Å². The SMILES string of the molecule is COC1CN(Cc2ccc(C#Cc3ccc([C@@H](CN[C@H](C)CF)Cc4nc[nH]c(=O)c4O)cc3)cc2)C1. The molecule has 0 radical (unpaired) electrons. The van der Waals surface area contributed by atoms with Crippen LogP contribution in [-0.4, -0.2) is 65.5 Å². The highest BCUT2D eigenvalue weighted by atomic mass is 19.1. The maximum atomic E-state index is 13.0. The zero-order valence-electron chi connectivity index (χ0n) is 21.2. The molecule has 194 valence electrons. The molecule has 3 aromatic rings. The first-order chi connectivity index (χ1) is 17.9. The van der Waals surface area contributed by atoms with Crippen LogP contribution in [0.5, 0.6) is 5.75 Å². The van der Waals surface area contributed by atoms with Gasteiger partial charge in [0.25, 0.3) is 5.56 Å². The Hall–Kier alpha value is -3.51. The molecule has 2 heterocycles. The van der Waals surface area contributed by atoms with Gasteiger partial charge >= 0.3 is 0 Å². The van der Waals surface area contributed by atoms with Gasteiger partial charge in [-0.25, -0.2) is 9.37 Å². The number of hydrogen-bond donors (Lipinski definition) is 3. The van der Waals surface area contributed by atoms with Gasteiger partial charge in [0.05, 0.1) is 18.1 Å². The average molecular weight is 505 g/mol. The number of halogens is 1. The minimum absolute atomic E-state index is 0.116. The lowest BCUT2D eigenvalue weighted by molar-refractivity contribution is -0.0333. The van der Waals surface area contributed by atoms with E-state index in [1.807, 2.05) is 36.4 Å². The van der Waals surface area contributed by atoms with Crippen molar-refractivity contribution >= 4 is 0 Å². The summed E-state index contributed by atoms with van der Waals surface area (Å²) < 4.78 is 18.3. The number of methoxy groups -OCH3 is 1. The second-order valence-corrected chi connectivity index (χ2v) is 9.51. The molecule has 2 aromatic carbocycles. The third kappa shape index (κ3) is 7.26. The highest BCUT2D eigenvalue weighted by Gasteiger charge is 2.25. The molecule has 0 bridgehead atoms. The normalized spacial score (nSPS) is 15.4. The van der Waals surface area contributed by atoms with Gasteiger partial charge in [-0.05, 0) is 42.3 Å². The zero-order chi connectivity index (χ0) is 26.2. The molecular weight excluding hydrogens is 471 g/mol. The Bertz CT molecular complexity index is 1280. The predicted molar refractivity (Wildman–Crippen MR) is 141 cm³/mol. The smallest absolute Gasteiger partial charge is 0.293 e. The number of nitrogens with zero attached hydrogens (tertiary/aromatic N) is 2. The molecular formula is C29H33FN4O3. The number of rotatable bonds is 10. The van der Waals surface area contributed by atoms with E-state index in [-0.39, 0.29) is 17.7 Å². The lowest BCUT2D eigenvalue weighted by Gasteiger charge is -2.38. The first-order valence-corrected chi connectivity index (χ1v) is 12.5. The van der Waals surface area contributed by atoms with E-state index in [1.54, 1.807) is 14.0 Å². The Morgan fingerprint density at radius 1 is 1.16 bits per heavy atom. The molecule has 4 rings (SSSR count). The number of alkyl halides is 1. The maximum Gasteiger partial charge on any atom is 0.293 e. The van der Waals surface area contributed by atoms with E-state index in [0.717, 1.165) is 36.3 Å². The van der Waals surface area contributed by atoms with E-state index >= 15 is 0 Å². The van der Waals surface area contributed by atoms with Crippen molar-refractivity contribution in [2.45, 2.75) is 38.0 Å². The van der Waals surface area contributed by atoms with Crippen molar-refractivity contribution in [2.75, 3.05) is 33.4 Å². The quantitative estimate of drug-likeness (QED) is 0.368. The van der Waals surface area contributed by atoms with Gasteiger partial charge < -0.3 is 20.1 Å². The summed E-state index contributed by atoms with van der Waals surface area (Å²) in [6.07, 6.45) is 1.97. The second-order valence-electron chi connectivity index (χ2n) is 9.51. The minimum Gasteiger partial charge on any atom is -0.502 e. The van der Waals surface area contributed by atoms with Crippen LogP contribution in [0.2, 0.25) is 0 Å². The van der Waals surface area contributed by atoms with Gasteiger partial charge in [-0.1, -0.05) is 36.1 Å². The van der Waals surface area contributed by atoms with Crippen LogP contribution < -0.4 is 10.9 Å². The van der Waals surface area contributed by atoms with E-state index in [2.05, 4.69) is 44.2 Å². The third-order valence-corrected chi connectivity index (χ3v) is 6.64. The second kappa shape index (κ2) is 12.6. The third-order valence-electron chi connectivity index (χ3n) is 6.64. The van der Waals surface area contributed by atoms with Gasteiger partial charge in [-0.15, -0.1) is 0 Å². The molecule has 1 aliphatic rings. The number of aromatic nitrogens is 2. The fourth-order valence-electron chi connectivity index (χ4n) is 4.25. The summed E-state index contributed by atoms with van der Waals surface area (Å²) in [6, 6.07) is 15.9. The first-order valence-electron chi connectivity index (χ1n) is 12.5. The lowest BCUT2D eigenvalue weighted by Crippen LogP contribution is -2.50. The van der Waals surface area contributed by atoms with Crippen molar-refractivity contribution in [2.24, 2.45) is 0 Å². The number of ether oxygens (including phenoxy) is 1. The summed E-state index contributed by atoms with van der Waals surface area (Å²) in [7, 11) is 1.76. The molecule has 0 saturated carbocycles. The highest BCUT2D eigenvalue weighted by Crippen LogP contribution is 2.23. The van der Waals surface area contributed by atoms with Crippen LogP contribution in [0.25, 0.3) is 0 Å². The molecule has 8 heteroatoms. The molecule has 0 amide bonds. The summed E-state index contributed by atoms with van der Waals surface area (Å²) in [4.78, 5) is 20.6. The van der Waals surface area contributed by atoms with E-state index in [9.17, 15) is 14.3 Å². The summed E-state index contributed by atoms with van der Waals surface area (Å²) in [5.74, 6) is 5.92. The predicted octanol–water partition coefficient (Wildman–Crippen LogP) is 2.98. The van der Waals surface area contributed by atoms with Crippen molar-refractivity contribution in [1.29, 1.82) is 0 Å². The van der Waals surface area contributed by atoms with E-state index in [4.69, 9.17) is 4.74 Å². The topological polar surface area (TPSA) is 90.5 Å². The van der Waals surface area contributed by atoms with Crippen LogP contribution >= 0.6 is 0 Å². The summed E-state index contributed by atoms with van der Waals surface area (Å²) in [6.45, 7) is 4.62. The molecule has 0 spiro atoms. The molecule has 1 fully saturated rings. The number of H-pyrrole nitrogens is 1. The van der Waals surface area contributed by atoms with Crippen molar-refractivity contribution in [1.82, 2.24) is 20.2 Å². The Morgan fingerprint density at radius 3 is 2.43 bits per heavy atom. The fraction of sp³-hybridized carbons (Fsp3) is 0.379. The molecule has 3 N–H and O–H groups in total. The Kier molecular flexibility index (Phi) is 9.07. The Labute approximate surface area is 216 Å². The largest absolute Gasteiger partial charge is 0.502 e. The van der Waals surface area contributed by atoms with Gasteiger partial charge in [-0.3, -0.25) is 9.69 Å². The number of benzene rings is 2. The highest BCUT2D eigenvalue weighted by molar-refractivity contribution is 5.44. The van der Waals surface area contributed by atoms with Crippen molar-refractivity contribution < 1.29 is 14.2 Å². The fourth-order valence-corrected chi connectivity index (χ4v) is 4.25. The van der Waals surface area contributed by atoms with Crippen LogP contribution in [-0.2, 0) is 17.7 Å². The maximum absolute atomic E-state index is 13.0. The van der Waals surface area contributed by atoms with Gasteiger partial charge in [0, 0.05) is 62.8 Å². The number of aromatic hydroxyl groups is 1. The first kappa shape index (κ1) is 26.6. The molecule has 37 heavy (non-hydrogen) atoms. The zero-order valence-corrected chi connectivity index (χ0v) is 21.2. The molecule has 1 saturated heterocycles. The van der Waals surface area contributed by atoms with Crippen LogP contribution in [0.1, 0.15) is 40.8 Å². The van der Waals surface area contributed by atoms with Crippen molar-refractivity contribution in [3.8, 4) is 17.6 Å². The standard InChI is InChI=1S/C29H33FN4O3/c1-20(14-30)31-15-25(13-27-28(35)29(36)33-19-32-27)24-11-9-22(10-12-24)4-3-21-5-7-23(8-6-21)16-34-17-26(18-34)37-2/h5-12,19-20,25-26,31,35H,13-18H2,1-2H3,(H,32,33,36)/t20-,25-/m1/s1. The molecule has 1 aliphatic heterocycles. The van der Waals surface area contributed by atoms with Crippen molar-refractivity contribution in [3.63, 3.8) is 0 Å². The molecule has 0 aliphatic carbocycles. The van der Waals surface area contributed by atoms with E-state index in [0.29, 0.717) is 24.8 Å². The molecule has 0 unspecified atom stereocenters. The summed E-state index contributed by atoms with van der Waals surface area (Å²) in [5.41, 5.74) is 3.80. The van der Waals surface area contributed by atoms with E-state index in [1.165, 1.54) is 11.9 Å². The van der Waals surface area contributed by atoms with Crippen LogP contribution in [0.4, 0.5) is 4.39 Å². The van der Waals surface area contributed by atoms with Crippen LogP contribution in [0, 0.1) is 11.8 Å². The minimum atomic E-state index is -0.576. The summed E-state index contributed by atoms with van der Waals surface area (Å²) >= 11 is 0. The van der Waals surface area contributed by atoms with Gasteiger partial charge in [-0.2, -0.15) is 0 Å². The monoisotopic (exact) mass is 504 g/mol. The van der Waals surface area contributed by atoms with Crippen LogP contribution in [0.3, 0.4) is 0 Å².